The molecule has 0 unspecified atom stereocenters. The van der Waals surface area contributed by atoms with Gasteiger partial charge >= 0.3 is 0 Å². The van der Waals surface area contributed by atoms with Crippen LogP contribution in [0.5, 0.6) is 0 Å². The molecule has 0 aliphatic heterocycles. The van der Waals surface area contributed by atoms with Gasteiger partial charge in [0, 0.05) is 16.7 Å². The van der Waals surface area contributed by atoms with E-state index in [2.05, 4.69) is 21.2 Å². The van der Waals surface area contributed by atoms with E-state index in [1.807, 2.05) is 37.3 Å². The minimum atomic E-state index is -0.155. The van der Waals surface area contributed by atoms with Crippen LogP contribution in [0.4, 0.5) is 5.69 Å². The lowest BCUT2D eigenvalue weighted by molar-refractivity contribution is 0.0952. The summed E-state index contributed by atoms with van der Waals surface area (Å²) in [5, 5.41) is 2.86. The second kappa shape index (κ2) is 5.89. The van der Waals surface area contributed by atoms with Gasteiger partial charge in [-0.25, -0.2) is 0 Å². The van der Waals surface area contributed by atoms with Crippen molar-refractivity contribution < 1.29 is 4.79 Å². The fourth-order valence-electron chi connectivity index (χ4n) is 1.81. The number of nitrogen functional groups attached to an aromatic ring is 1. The van der Waals surface area contributed by atoms with Gasteiger partial charge in [-0.15, -0.1) is 0 Å². The third-order valence-corrected chi connectivity index (χ3v) is 3.29. The molecule has 2 aromatic carbocycles. The molecule has 4 heteroatoms. The first-order valence-corrected chi connectivity index (χ1v) is 6.74. The smallest absolute Gasteiger partial charge is 0.253 e. The van der Waals surface area contributed by atoms with E-state index in [-0.39, 0.29) is 5.91 Å². The van der Waals surface area contributed by atoms with E-state index in [0.717, 1.165) is 15.6 Å². The molecular formula is C15H15BrN2O. The van der Waals surface area contributed by atoms with Crippen molar-refractivity contribution in [2.24, 2.45) is 0 Å². The molecule has 2 rings (SSSR count). The van der Waals surface area contributed by atoms with Gasteiger partial charge in [-0.2, -0.15) is 0 Å². The van der Waals surface area contributed by atoms with E-state index in [9.17, 15) is 4.79 Å². The summed E-state index contributed by atoms with van der Waals surface area (Å²) in [5.74, 6) is -0.155. The van der Waals surface area contributed by atoms with E-state index in [1.165, 1.54) is 0 Å². The van der Waals surface area contributed by atoms with Crippen molar-refractivity contribution in [3.63, 3.8) is 0 Å². The molecule has 0 radical (unpaired) electrons. The zero-order valence-electron chi connectivity index (χ0n) is 10.6. The number of hydrogen-bond donors (Lipinski definition) is 2. The van der Waals surface area contributed by atoms with E-state index in [4.69, 9.17) is 5.73 Å². The number of benzene rings is 2. The van der Waals surface area contributed by atoms with E-state index >= 15 is 0 Å². The Labute approximate surface area is 121 Å². The number of rotatable bonds is 3. The summed E-state index contributed by atoms with van der Waals surface area (Å²) >= 11 is 3.40. The number of hydrogen-bond acceptors (Lipinski definition) is 2. The summed E-state index contributed by atoms with van der Waals surface area (Å²) in [6, 6.07) is 13.2. The lowest BCUT2D eigenvalue weighted by Crippen LogP contribution is -2.23. The Bertz CT molecular complexity index is 611. The van der Waals surface area contributed by atoms with Crippen molar-refractivity contribution in [3.05, 3.63) is 63.6 Å². The molecule has 0 atom stereocenters. The van der Waals surface area contributed by atoms with E-state index in [1.54, 1.807) is 12.1 Å². The quantitative estimate of drug-likeness (QED) is 0.853. The number of halogens is 1. The maximum atomic E-state index is 12.0. The second-order valence-corrected chi connectivity index (χ2v) is 5.32. The van der Waals surface area contributed by atoms with Crippen LogP contribution in [0.15, 0.2) is 46.9 Å². The summed E-state index contributed by atoms with van der Waals surface area (Å²) < 4.78 is 0.995. The Hall–Kier alpha value is -1.81. The van der Waals surface area contributed by atoms with Crippen LogP contribution >= 0.6 is 15.9 Å². The van der Waals surface area contributed by atoms with Gasteiger partial charge < -0.3 is 11.1 Å². The van der Waals surface area contributed by atoms with Crippen molar-refractivity contribution in [2.45, 2.75) is 13.5 Å². The Morgan fingerprint density at radius 1 is 1.26 bits per heavy atom. The van der Waals surface area contributed by atoms with Gasteiger partial charge in [-0.1, -0.05) is 34.1 Å². The molecule has 0 bridgehead atoms. The highest BCUT2D eigenvalue weighted by Crippen LogP contribution is 2.14. The van der Waals surface area contributed by atoms with Crippen molar-refractivity contribution in [1.29, 1.82) is 0 Å². The molecule has 19 heavy (non-hydrogen) atoms. The van der Waals surface area contributed by atoms with Gasteiger partial charge in [0.05, 0.1) is 5.56 Å². The molecule has 98 valence electrons. The first-order valence-electron chi connectivity index (χ1n) is 5.95. The van der Waals surface area contributed by atoms with Crippen LogP contribution in [0.3, 0.4) is 0 Å². The highest BCUT2D eigenvalue weighted by atomic mass is 79.9. The fraction of sp³-hybridized carbons (Fsp3) is 0.133. The highest BCUT2D eigenvalue weighted by molar-refractivity contribution is 9.10. The normalized spacial score (nSPS) is 10.2. The predicted molar refractivity (Wildman–Crippen MR) is 80.9 cm³/mol. The largest absolute Gasteiger partial charge is 0.398 e. The molecule has 1 amide bonds. The average Bonchev–Trinajstić information content (AvgIpc) is 2.36. The van der Waals surface area contributed by atoms with Gasteiger partial charge in [0.2, 0.25) is 0 Å². The molecule has 0 aromatic heterocycles. The molecule has 0 heterocycles. The molecule has 0 aliphatic rings. The van der Waals surface area contributed by atoms with Crippen molar-refractivity contribution in [1.82, 2.24) is 5.32 Å². The number of nitrogens with two attached hydrogens (primary N) is 1. The molecule has 3 N–H and O–H groups in total. The molecule has 3 nitrogen and oxygen atoms in total. The standard InChI is InChI=1S/C15H15BrN2O/c1-10-5-6-13(14(17)7-10)15(19)18-9-11-3-2-4-12(16)8-11/h2-8H,9,17H2,1H3,(H,18,19). The summed E-state index contributed by atoms with van der Waals surface area (Å²) in [6.07, 6.45) is 0. The Balaban J connectivity index is 2.05. The Morgan fingerprint density at radius 3 is 2.74 bits per heavy atom. The minimum Gasteiger partial charge on any atom is -0.398 e. The number of amides is 1. The van der Waals surface area contributed by atoms with Crippen molar-refractivity contribution in [2.75, 3.05) is 5.73 Å². The molecular weight excluding hydrogens is 304 g/mol. The number of anilines is 1. The molecule has 0 fully saturated rings. The summed E-state index contributed by atoms with van der Waals surface area (Å²) in [5.41, 5.74) is 8.95. The number of nitrogens with one attached hydrogen (secondary N) is 1. The van der Waals surface area contributed by atoms with Crippen LogP contribution in [0.2, 0.25) is 0 Å². The third-order valence-electron chi connectivity index (χ3n) is 2.79. The SMILES string of the molecule is Cc1ccc(C(=O)NCc2cccc(Br)c2)c(N)c1. The highest BCUT2D eigenvalue weighted by Gasteiger charge is 2.09. The van der Waals surface area contributed by atoms with Gasteiger partial charge in [0.25, 0.3) is 5.91 Å². The van der Waals surface area contributed by atoms with E-state index in [0.29, 0.717) is 17.8 Å². The zero-order valence-corrected chi connectivity index (χ0v) is 12.2. The summed E-state index contributed by atoms with van der Waals surface area (Å²) in [6.45, 7) is 2.42. The van der Waals surface area contributed by atoms with Crippen LogP contribution in [-0.4, -0.2) is 5.91 Å². The number of carbonyl (C=O) groups is 1. The van der Waals surface area contributed by atoms with Gasteiger partial charge in [0.15, 0.2) is 0 Å². The lowest BCUT2D eigenvalue weighted by atomic mass is 10.1. The topological polar surface area (TPSA) is 55.1 Å². The molecule has 2 aromatic rings. The van der Waals surface area contributed by atoms with Gasteiger partial charge in [-0.3, -0.25) is 4.79 Å². The zero-order chi connectivity index (χ0) is 13.8. The van der Waals surface area contributed by atoms with E-state index < -0.39 is 0 Å². The molecule has 0 spiro atoms. The van der Waals surface area contributed by atoms with Gasteiger partial charge in [-0.05, 0) is 42.3 Å². The second-order valence-electron chi connectivity index (χ2n) is 4.40. The van der Waals surface area contributed by atoms with Gasteiger partial charge in [0.1, 0.15) is 0 Å². The maximum absolute atomic E-state index is 12.0. The van der Waals surface area contributed by atoms with Crippen LogP contribution in [-0.2, 0) is 6.54 Å². The summed E-state index contributed by atoms with van der Waals surface area (Å²) in [7, 11) is 0. The predicted octanol–water partition coefficient (Wildman–Crippen LogP) is 3.27. The van der Waals surface area contributed by atoms with Crippen LogP contribution in [0.1, 0.15) is 21.5 Å². The Kier molecular flexibility index (Phi) is 4.22. The lowest BCUT2D eigenvalue weighted by Gasteiger charge is -2.08. The van der Waals surface area contributed by atoms with Crippen molar-refractivity contribution in [3.8, 4) is 0 Å². The number of carbonyl (C=O) groups excluding carboxylic acids is 1. The first kappa shape index (κ1) is 13.6. The van der Waals surface area contributed by atoms with Crippen LogP contribution < -0.4 is 11.1 Å². The summed E-state index contributed by atoms with van der Waals surface area (Å²) in [4.78, 5) is 12.0. The molecule has 0 aliphatic carbocycles. The first-order chi connectivity index (χ1) is 9.06. The maximum Gasteiger partial charge on any atom is 0.253 e. The fourth-order valence-corrected chi connectivity index (χ4v) is 2.26. The molecule has 0 saturated heterocycles. The Morgan fingerprint density at radius 2 is 2.05 bits per heavy atom. The van der Waals surface area contributed by atoms with Crippen molar-refractivity contribution >= 4 is 27.5 Å². The minimum absolute atomic E-state index is 0.155. The number of aryl methyl sites for hydroxylation is 1. The van der Waals surface area contributed by atoms with Crippen LogP contribution in [0.25, 0.3) is 0 Å². The molecule has 0 saturated carbocycles. The third kappa shape index (κ3) is 3.58. The monoisotopic (exact) mass is 318 g/mol. The van der Waals surface area contributed by atoms with Crippen LogP contribution in [0, 0.1) is 6.92 Å². The average molecular weight is 319 g/mol.